The van der Waals surface area contributed by atoms with Crippen LogP contribution in [-0.4, -0.2) is 118 Å². The molecule has 1 saturated heterocycles. The second-order valence-corrected chi connectivity index (χ2v) is 14.1. The summed E-state index contributed by atoms with van der Waals surface area (Å²) in [5.41, 5.74) is 5.61. The molecule has 0 aliphatic carbocycles. The van der Waals surface area contributed by atoms with Gasteiger partial charge in [0.05, 0.1) is 33.0 Å². The fourth-order valence-electron chi connectivity index (χ4n) is 3.82. The molecule has 0 spiro atoms. The van der Waals surface area contributed by atoms with Gasteiger partial charge in [0.25, 0.3) is 5.91 Å². The van der Waals surface area contributed by atoms with Crippen LogP contribution in [0.3, 0.4) is 0 Å². The van der Waals surface area contributed by atoms with Gasteiger partial charge in [-0.3, -0.25) is 9.59 Å². The summed E-state index contributed by atoms with van der Waals surface area (Å²) >= 11 is 0. The van der Waals surface area contributed by atoms with E-state index in [1.54, 1.807) is 52.8 Å². The largest absolute Gasteiger partial charge is 0.508 e. The molecule has 4 atom stereocenters. The lowest BCUT2D eigenvalue weighted by Gasteiger charge is -2.22. The van der Waals surface area contributed by atoms with Gasteiger partial charge in [-0.05, 0) is 25.1 Å². The molecule has 16 heteroatoms. The van der Waals surface area contributed by atoms with Gasteiger partial charge in [-0.1, -0.05) is 54.3 Å². The average Bonchev–Trinajstić information content (AvgIpc) is 3.41. The second kappa shape index (κ2) is 22.0. The molecule has 2 amide bonds. The van der Waals surface area contributed by atoms with Crippen LogP contribution in [0.25, 0.3) is 0 Å². The lowest BCUT2D eigenvalue weighted by Crippen LogP contribution is -2.30. The summed E-state index contributed by atoms with van der Waals surface area (Å²) in [6.45, 7) is 9.31. The van der Waals surface area contributed by atoms with Crippen LogP contribution in [0.1, 0.15) is 44.5 Å². The van der Waals surface area contributed by atoms with Crippen molar-refractivity contribution < 1.29 is 47.9 Å². The number of nitrogens with one attached hydrogen (secondary N) is 2. The summed E-state index contributed by atoms with van der Waals surface area (Å²) in [6, 6.07) is 6.59. The molecule has 1 aliphatic heterocycles. The van der Waals surface area contributed by atoms with Crippen LogP contribution >= 0.6 is 21.6 Å². The molecule has 1 aliphatic rings. The Hall–Kier alpha value is -2.65. The van der Waals surface area contributed by atoms with Crippen LogP contribution in [0, 0.1) is 11.7 Å². The maximum Gasteiger partial charge on any atom is 0.508 e. The number of carbonyl (C=O) groups excluding carboxylic acids is 3. The minimum Gasteiger partial charge on any atom is -0.490 e. The Bertz CT molecular complexity index is 1150. The standard InChI is InChI=1S/C30H46BN3O10S2/c1-5-40-29(38)44-23-17-25(43-24(23)18-35)31-10-7-12-33-26(36)19-39-14-15-41-27(45-46-30(2,3)4)20-42-22-9-6-8-21(16-22)28(37)34-13-11-32/h6,8-9,16,23-25,27,31,35H,5,11-15,17-20,32H2,1-4H3,(H,33,36)(H,34,37)/t23-,24?,25-,27?/m1/s1. The van der Waals surface area contributed by atoms with Gasteiger partial charge >= 0.3 is 6.16 Å². The van der Waals surface area contributed by atoms with Crippen molar-refractivity contribution in [1.29, 1.82) is 0 Å². The van der Waals surface area contributed by atoms with Crippen molar-refractivity contribution in [3.05, 3.63) is 29.8 Å². The van der Waals surface area contributed by atoms with Gasteiger partial charge in [0.15, 0.2) is 0 Å². The minimum absolute atomic E-state index is 0.00230. The number of benzene rings is 1. The molecule has 0 aromatic heterocycles. The molecule has 2 unspecified atom stereocenters. The van der Waals surface area contributed by atoms with E-state index < -0.39 is 18.4 Å². The van der Waals surface area contributed by atoms with E-state index in [1.165, 1.54) is 0 Å². The van der Waals surface area contributed by atoms with Crippen molar-refractivity contribution in [2.24, 2.45) is 5.73 Å². The number of carbonyl (C=O) groups is 3. The Labute approximate surface area is 279 Å². The Morgan fingerprint density at radius 3 is 2.76 bits per heavy atom. The summed E-state index contributed by atoms with van der Waals surface area (Å²) in [5, 5.41) is 14.9. The highest BCUT2D eigenvalue weighted by Crippen LogP contribution is 2.38. The van der Waals surface area contributed by atoms with Crippen molar-refractivity contribution in [2.45, 2.75) is 62.5 Å². The van der Waals surface area contributed by atoms with Crippen molar-refractivity contribution in [1.82, 2.24) is 10.6 Å². The lowest BCUT2D eigenvalue weighted by molar-refractivity contribution is -0.126. The lowest BCUT2D eigenvalue weighted by atomic mass is 9.71. The smallest absolute Gasteiger partial charge is 0.490 e. The van der Waals surface area contributed by atoms with E-state index in [0.717, 1.165) is 0 Å². The predicted molar refractivity (Wildman–Crippen MR) is 179 cm³/mol. The van der Waals surface area contributed by atoms with E-state index >= 15 is 0 Å². The summed E-state index contributed by atoms with van der Waals surface area (Å²) in [5.74, 6) is 5.80. The van der Waals surface area contributed by atoms with Crippen molar-refractivity contribution in [2.75, 3.05) is 59.3 Å². The number of ether oxygens (including phenoxy) is 6. The molecule has 2 rings (SSSR count). The maximum atomic E-state index is 12.2. The van der Waals surface area contributed by atoms with E-state index in [4.69, 9.17) is 34.2 Å². The fraction of sp³-hybridized carbons (Fsp3) is 0.633. The molecular formula is C30H46BN3O10S2. The van der Waals surface area contributed by atoms with Crippen molar-refractivity contribution in [3.8, 4) is 17.5 Å². The molecule has 256 valence electrons. The highest BCUT2D eigenvalue weighted by molar-refractivity contribution is 8.77. The first-order valence-corrected chi connectivity index (χ1v) is 17.3. The normalized spacial score (nSPS) is 18.1. The molecule has 0 bridgehead atoms. The Balaban J connectivity index is 1.68. The number of nitrogens with two attached hydrogens (primary N) is 1. The van der Waals surface area contributed by atoms with Gasteiger partial charge in [-0.15, -0.1) is 0 Å². The quantitative estimate of drug-likeness (QED) is 0.0412. The van der Waals surface area contributed by atoms with Crippen LogP contribution in [0.2, 0.25) is 0 Å². The molecule has 1 fully saturated rings. The van der Waals surface area contributed by atoms with Gasteiger partial charge in [0.1, 0.15) is 36.6 Å². The number of hydrogen-bond acceptors (Lipinski definition) is 13. The Kier molecular flexibility index (Phi) is 18.9. The third kappa shape index (κ3) is 16.8. The van der Waals surface area contributed by atoms with Crippen LogP contribution in [0.15, 0.2) is 24.3 Å². The molecule has 1 aromatic rings. The van der Waals surface area contributed by atoms with Crippen LogP contribution in [0.4, 0.5) is 4.79 Å². The third-order valence-corrected chi connectivity index (χ3v) is 9.39. The van der Waals surface area contributed by atoms with Crippen LogP contribution in [0.5, 0.6) is 5.75 Å². The molecule has 1 aromatic carbocycles. The van der Waals surface area contributed by atoms with Crippen molar-refractivity contribution >= 4 is 46.8 Å². The predicted octanol–water partition coefficient (Wildman–Crippen LogP) is 1.46. The zero-order valence-corrected chi connectivity index (χ0v) is 28.5. The van der Waals surface area contributed by atoms with Gasteiger partial charge < -0.3 is 49.9 Å². The number of amides is 2. The number of aliphatic hydroxyl groups excluding tert-OH is 1. The summed E-state index contributed by atoms with van der Waals surface area (Å²) in [7, 11) is 3.56. The molecular weight excluding hydrogens is 637 g/mol. The van der Waals surface area contributed by atoms with Crippen LogP contribution < -0.4 is 21.1 Å². The molecule has 13 nitrogen and oxygen atoms in total. The van der Waals surface area contributed by atoms with Crippen LogP contribution in [-0.2, 0) is 28.5 Å². The number of hydrogen-bond donors (Lipinski definition) is 4. The Morgan fingerprint density at radius 2 is 2.04 bits per heavy atom. The fourth-order valence-corrected chi connectivity index (χ4v) is 6.01. The average molecular weight is 684 g/mol. The second-order valence-electron chi connectivity index (χ2n) is 10.9. The number of aliphatic hydroxyl groups is 1. The molecule has 0 saturated carbocycles. The first-order valence-electron chi connectivity index (χ1n) is 15.1. The highest BCUT2D eigenvalue weighted by atomic mass is 33.1. The van der Waals surface area contributed by atoms with E-state index in [9.17, 15) is 19.5 Å². The van der Waals surface area contributed by atoms with Gasteiger partial charge in [-0.2, -0.15) is 5.82 Å². The van der Waals surface area contributed by atoms with Gasteiger partial charge in [-0.25, -0.2) is 4.79 Å². The van der Waals surface area contributed by atoms with E-state index in [2.05, 4.69) is 43.1 Å². The van der Waals surface area contributed by atoms with E-state index in [1.807, 2.05) is 0 Å². The summed E-state index contributed by atoms with van der Waals surface area (Å²) < 4.78 is 33.0. The zero-order chi connectivity index (χ0) is 33.8. The van der Waals surface area contributed by atoms with Gasteiger partial charge in [0, 0.05) is 35.8 Å². The third-order valence-electron chi connectivity index (χ3n) is 5.88. The SMILES string of the molecule is CCOC(=O)O[C@@H]1C[C@H](BC#CCNC(=O)COCCOC(COc2cccc(C(=O)NCCN)c2)SSC(C)(C)C)OC1CO. The molecule has 0 radical (unpaired) electrons. The van der Waals surface area contributed by atoms with E-state index in [-0.39, 0.29) is 74.2 Å². The summed E-state index contributed by atoms with van der Waals surface area (Å²) in [4.78, 5) is 35.9. The highest BCUT2D eigenvalue weighted by Gasteiger charge is 2.37. The summed E-state index contributed by atoms with van der Waals surface area (Å²) in [6.07, 6.45) is -1.64. The van der Waals surface area contributed by atoms with Crippen molar-refractivity contribution in [3.63, 3.8) is 0 Å². The topological polar surface area (TPSA) is 177 Å². The minimum atomic E-state index is -0.797. The maximum absolute atomic E-state index is 12.2. The monoisotopic (exact) mass is 683 g/mol. The number of rotatable bonds is 19. The zero-order valence-electron chi connectivity index (χ0n) is 26.9. The van der Waals surface area contributed by atoms with E-state index in [0.29, 0.717) is 38.1 Å². The molecule has 1 heterocycles. The first-order chi connectivity index (χ1) is 22.0. The molecule has 5 N–H and O–H groups in total. The van der Waals surface area contributed by atoms with Gasteiger partial charge in [0.2, 0.25) is 13.2 Å². The molecule has 46 heavy (non-hydrogen) atoms. The first kappa shape index (κ1) is 39.5. The Morgan fingerprint density at radius 1 is 1.24 bits per heavy atom.